The SMILES string of the molecule is CC/C=C(\C)C(=O)n1nc2c(c1-c1ccccc1)[C@H](C)CC[C@H]2C(C)C. The van der Waals surface area contributed by atoms with Crippen LogP contribution in [0.1, 0.15) is 81.8 Å². The van der Waals surface area contributed by atoms with Crippen molar-refractivity contribution in [2.75, 3.05) is 0 Å². The van der Waals surface area contributed by atoms with Crippen molar-refractivity contribution in [3.8, 4) is 11.3 Å². The molecule has 0 bridgehead atoms. The maximum Gasteiger partial charge on any atom is 0.274 e. The van der Waals surface area contributed by atoms with Crippen molar-refractivity contribution in [2.24, 2.45) is 5.92 Å². The van der Waals surface area contributed by atoms with Crippen LogP contribution in [-0.2, 0) is 0 Å². The van der Waals surface area contributed by atoms with Crippen molar-refractivity contribution in [3.05, 3.63) is 53.2 Å². The van der Waals surface area contributed by atoms with E-state index in [-0.39, 0.29) is 5.91 Å². The Hall–Kier alpha value is -2.16. The van der Waals surface area contributed by atoms with Gasteiger partial charge in [0.05, 0.1) is 11.4 Å². The smallest absolute Gasteiger partial charge is 0.267 e. The van der Waals surface area contributed by atoms with E-state index in [1.165, 1.54) is 5.56 Å². The van der Waals surface area contributed by atoms with Crippen LogP contribution in [-0.4, -0.2) is 15.7 Å². The fourth-order valence-electron chi connectivity index (χ4n) is 4.15. The highest BCUT2D eigenvalue weighted by Gasteiger charge is 2.35. The summed E-state index contributed by atoms with van der Waals surface area (Å²) in [4.78, 5) is 13.2. The summed E-state index contributed by atoms with van der Waals surface area (Å²) in [6.07, 6.45) is 5.14. The number of carbonyl (C=O) groups excluding carboxylic acids is 1. The predicted octanol–water partition coefficient (Wildman–Crippen LogP) is 6.18. The molecule has 1 aromatic carbocycles. The summed E-state index contributed by atoms with van der Waals surface area (Å²) in [6, 6.07) is 10.3. The summed E-state index contributed by atoms with van der Waals surface area (Å²) < 4.78 is 1.68. The lowest BCUT2D eigenvalue weighted by Gasteiger charge is -2.28. The second kappa shape index (κ2) is 7.61. The van der Waals surface area contributed by atoms with Crippen LogP contribution in [0.3, 0.4) is 0 Å². The zero-order valence-electron chi connectivity index (χ0n) is 16.6. The Morgan fingerprint density at radius 1 is 1.27 bits per heavy atom. The number of hydrogen-bond donors (Lipinski definition) is 0. The molecular weight excluding hydrogens is 320 g/mol. The number of allylic oxidation sites excluding steroid dienone is 2. The molecule has 1 aliphatic carbocycles. The van der Waals surface area contributed by atoms with Gasteiger partial charge >= 0.3 is 0 Å². The van der Waals surface area contributed by atoms with Crippen molar-refractivity contribution in [1.82, 2.24) is 9.78 Å². The van der Waals surface area contributed by atoms with Gasteiger partial charge in [0.1, 0.15) is 0 Å². The number of fused-ring (bicyclic) bond motifs is 1. The van der Waals surface area contributed by atoms with Crippen molar-refractivity contribution in [1.29, 1.82) is 0 Å². The van der Waals surface area contributed by atoms with Crippen LogP contribution in [0.2, 0.25) is 0 Å². The Morgan fingerprint density at radius 3 is 2.58 bits per heavy atom. The Morgan fingerprint density at radius 2 is 1.96 bits per heavy atom. The molecule has 0 unspecified atom stereocenters. The Kier molecular flexibility index (Phi) is 5.45. The number of hydrogen-bond acceptors (Lipinski definition) is 2. The van der Waals surface area contributed by atoms with Gasteiger partial charge < -0.3 is 0 Å². The minimum Gasteiger partial charge on any atom is -0.267 e. The minimum atomic E-state index is -0.00481. The molecule has 0 saturated carbocycles. The van der Waals surface area contributed by atoms with Crippen LogP contribution < -0.4 is 0 Å². The normalized spacial score (nSPS) is 20.3. The van der Waals surface area contributed by atoms with Gasteiger partial charge in [0.25, 0.3) is 5.91 Å². The molecule has 3 nitrogen and oxygen atoms in total. The molecule has 1 aliphatic rings. The lowest BCUT2D eigenvalue weighted by molar-refractivity contribution is 0.0941. The zero-order chi connectivity index (χ0) is 18.8. The molecule has 0 saturated heterocycles. The molecule has 2 atom stereocenters. The van der Waals surface area contributed by atoms with Gasteiger partial charge in [-0.25, -0.2) is 0 Å². The largest absolute Gasteiger partial charge is 0.274 e. The van der Waals surface area contributed by atoms with E-state index in [1.54, 1.807) is 4.68 Å². The van der Waals surface area contributed by atoms with Crippen molar-refractivity contribution in [3.63, 3.8) is 0 Å². The molecule has 0 spiro atoms. The molecule has 0 N–H and O–H groups in total. The second-order valence-corrected chi connectivity index (χ2v) is 7.85. The molecule has 3 heteroatoms. The Balaban J connectivity index is 2.26. The quantitative estimate of drug-likeness (QED) is 0.617. The highest BCUT2D eigenvalue weighted by atomic mass is 16.2. The number of aromatic nitrogens is 2. The lowest BCUT2D eigenvalue weighted by atomic mass is 9.75. The van der Waals surface area contributed by atoms with Gasteiger partial charge in [0.15, 0.2) is 0 Å². The Labute approximate surface area is 157 Å². The van der Waals surface area contributed by atoms with Crippen LogP contribution in [0, 0.1) is 5.92 Å². The van der Waals surface area contributed by atoms with Crippen LogP contribution in [0.4, 0.5) is 0 Å². The zero-order valence-corrected chi connectivity index (χ0v) is 16.6. The standard InChI is InChI=1S/C23H30N2O/c1-6-10-17(5)23(26)25-22(18-11-8-7-9-12-18)20-16(4)13-14-19(15(2)3)21(20)24-25/h7-12,15-16,19H,6,13-14H2,1-5H3/b17-10+/t16-,19+/m1/s1. The molecule has 3 rings (SSSR count). The molecule has 0 fully saturated rings. The van der Waals surface area contributed by atoms with E-state index in [2.05, 4.69) is 39.8 Å². The van der Waals surface area contributed by atoms with E-state index in [0.717, 1.165) is 41.8 Å². The molecule has 0 aliphatic heterocycles. The fourth-order valence-corrected chi connectivity index (χ4v) is 4.15. The van der Waals surface area contributed by atoms with Crippen LogP contribution in [0.5, 0.6) is 0 Å². The van der Waals surface area contributed by atoms with Gasteiger partial charge in [-0.3, -0.25) is 4.79 Å². The molecule has 1 aromatic heterocycles. The molecular formula is C23H30N2O. The van der Waals surface area contributed by atoms with Crippen LogP contribution in [0.15, 0.2) is 42.0 Å². The van der Waals surface area contributed by atoms with E-state index in [0.29, 0.717) is 17.8 Å². The van der Waals surface area contributed by atoms with E-state index >= 15 is 0 Å². The Bertz CT molecular complexity index is 814. The number of benzene rings is 1. The van der Waals surface area contributed by atoms with Gasteiger partial charge in [0.2, 0.25) is 0 Å². The first kappa shape index (κ1) is 18.6. The van der Waals surface area contributed by atoms with Crippen molar-refractivity contribution in [2.45, 2.75) is 65.7 Å². The lowest BCUT2D eigenvalue weighted by Crippen LogP contribution is -2.17. The summed E-state index contributed by atoms with van der Waals surface area (Å²) in [5.74, 6) is 1.37. The van der Waals surface area contributed by atoms with E-state index < -0.39 is 0 Å². The molecule has 26 heavy (non-hydrogen) atoms. The average molecular weight is 351 g/mol. The summed E-state index contributed by atoms with van der Waals surface area (Å²) in [5.41, 5.74) is 5.25. The minimum absolute atomic E-state index is 0.00481. The first-order valence-corrected chi connectivity index (χ1v) is 9.85. The maximum absolute atomic E-state index is 13.2. The van der Waals surface area contributed by atoms with Gasteiger partial charge in [-0.05, 0) is 38.0 Å². The van der Waals surface area contributed by atoms with Gasteiger partial charge in [-0.1, -0.05) is 64.1 Å². The maximum atomic E-state index is 13.2. The summed E-state index contributed by atoms with van der Waals surface area (Å²) in [6.45, 7) is 10.7. The summed E-state index contributed by atoms with van der Waals surface area (Å²) >= 11 is 0. The highest BCUT2D eigenvalue weighted by molar-refractivity contribution is 5.97. The predicted molar refractivity (Wildman–Crippen MR) is 108 cm³/mol. The highest BCUT2D eigenvalue weighted by Crippen LogP contribution is 2.46. The third-order valence-corrected chi connectivity index (χ3v) is 5.60. The molecule has 0 amide bonds. The van der Waals surface area contributed by atoms with Crippen LogP contribution in [0.25, 0.3) is 11.3 Å². The first-order valence-electron chi connectivity index (χ1n) is 9.85. The van der Waals surface area contributed by atoms with Crippen molar-refractivity contribution >= 4 is 5.91 Å². The number of carbonyl (C=O) groups is 1. The van der Waals surface area contributed by atoms with Crippen LogP contribution >= 0.6 is 0 Å². The van der Waals surface area contributed by atoms with Gasteiger partial charge in [-0.2, -0.15) is 9.78 Å². The van der Waals surface area contributed by atoms with Gasteiger partial charge in [0, 0.05) is 22.6 Å². The van der Waals surface area contributed by atoms with E-state index in [1.807, 2.05) is 31.2 Å². The molecule has 138 valence electrons. The summed E-state index contributed by atoms with van der Waals surface area (Å²) in [7, 11) is 0. The molecule has 0 radical (unpaired) electrons. The molecule has 2 aromatic rings. The van der Waals surface area contributed by atoms with Gasteiger partial charge in [-0.15, -0.1) is 0 Å². The number of nitrogens with zero attached hydrogens (tertiary/aromatic N) is 2. The fraction of sp³-hybridized carbons (Fsp3) is 0.478. The topological polar surface area (TPSA) is 34.9 Å². The monoisotopic (exact) mass is 350 g/mol. The van der Waals surface area contributed by atoms with E-state index in [4.69, 9.17) is 5.10 Å². The first-order chi connectivity index (χ1) is 12.5. The number of rotatable bonds is 4. The van der Waals surface area contributed by atoms with E-state index in [9.17, 15) is 4.79 Å². The third kappa shape index (κ3) is 3.27. The summed E-state index contributed by atoms with van der Waals surface area (Å²) in [5, 5.41) is 4.91. The molecule has 1 heterocycles. The second-order valence-electron chi connectivity index (χ2n) is 7.85. The average Bonchev–Trinajstić information content (AvgIpc) is 3.03. The third-order valence-electron chi connectivity index (χ3n) is 5.60. The van der Waals surface area contributed by atoms with Crippen molar-refractivity contribution < 1.29 is 4.79 Å².